The number of hydrogen-bond acceptors (Lipinski definition) is 6. The van der Waals surface area contributed by atoms with E-state index >= 15 is 0 Å². The molecule has 1 atom stereocenters. The van der Waals surface area contributed by atoms with Crippen LogP contribution in [0.2, 0.25) is 0 Å². The zero-order valence-electron chi connectivity index (χ0n) is 16.5. The molecule has 8 nitrogen and oxygen atoms in total. The van der Waals surface area contributed by atoms with Crippen LogP contribution in [0.4, 0.5) is 5.69 Å². The van der Waals surface area contributed by atoms with Gasteiger partial charge in [-0.15, -0.1) is 5.10 Å². The van der Waals surface area contributed by atoms with Crippen molar-refractivity contribution in [2.75, 3.05) is 18.1 Å². The summed E-state index contributed by atoms with van der Waals surface area (Å²) in [4.78, 5) is 37.8. The van der Waals surface area contributed by atoms with E-state index in [1.54, 1.807) is 11.0 Å². The lowest BCUT2D eigenvalue weighted by atomic mass is 10.1. The number of carbonyl (C=O) groups excluding carboxylic acids is 3. The third kappa shape index (κ3) is 3.30. The number of hydrogen-bond donors (Lipinski definition) is 1. The summed E-state index contributed by atoms with van der Waals surface area (Å²) in [5, 5.41) is 8.19. The fraction of sp³-hybridized carbons (Fsp3) is 0.238. The third-order valence-corrected chi connectivity index (χ3v) is 5.98. The Hall–Kier alpha value is -3.33. The molecule has 1 spiro atoms. The first-order valence-corrected chi connectivity index (χ1v) is 10.2. The van der Waals surface area contributed by atoms with Gasteiger partial charge in [0.2, 0.25) is 16.7 Å². The van der Waals surface area contributed by atoms with Crippen LogP contribution in [0.5, 0.6) is 5.75 Å². The first-order valence-electron chi connectivity index (χ1n) is 9.39. The highest BCUT2D eigenvalue weighted by molar-refractivity contribution is 8.15. The molecule has 0 aromatic heterocycles. The van der Waals surface area contributed by atoms with Gasteiger partial charge in [-0.25, -0.2) is 0 Å². The second kappa shape index (κ2) is 7.83. The number of rotatable bonds is 4. The number of amides is 3. The van der Waals surface area contributed by atoms with Gasteiger partial charge in [-0.1, -0.05) is 36.4 Å². The van der Waals surface area contributed by atoms with Gasteiger partial charge in [0.25, 0.3) is 5.91 Å². The lowest BCUT2D eigenvalue weighted by Gasteiger charge is -2.29. The van der Waals surface area contributed by atoms with Crippen LogP contribution in [0.25, 0.3) is 0 Å². The summed E-state index contributed by atoms with van der Waals surface area (Å²) in [5.74, 6) is -0.310. The Bertz CT molecular complexity index is 1040. The Kier molecular flexibility index (Phi) is 5.21. The normalized spacial score (nSPS) is 19.7. The minimum atomic E-state index is -1.38. The molecule has 9 heteroatoms. The van der Waals surface area contributed by atoms with Gasteiger partial charge in [0.15, 0.2) is 5.17 Å². The molecule has 0 bridgehead atoms. The predicted molar refractivity (Wildman–Crippen MR) is 114 cm³/mol. The zero-order valence-corrected chi connectivity index (χ0v) is 17.3. The van der Waals surface area contributed by atoms with Gasteiger partial charge in [-0.3, -0.25) is 14.4 Å². The summed E-state index contributed by atoms with van der Waals surface area (Å²) >= 11 is 1.06. The topological polar surface area (TPSA) is 91.3 Å². The van der Waals surface area contributed by atoms with Gasteiger partial charge in [0.1, 0.15) is 12.4 Å². The van der Waals surface area contributed by atoms with Crippen LogP contribution in [0.3, 0.4) is 0 Å². The second-order valence-electron chi connectivity index (χ2n) is 6.80. The van der Waals surface area contributed by atoms with E-state index < -0.39 is 10.8 Å². The molecule has 2 aromatic carbocycles. The standard InChI is InChI=1S/C21H20N4O4S/c1-14(26)22-20-23-25(15(2)27)21(30-20)17-10-6-7-11-18(17)24(19(21)28)12-13-29-16-8-4-3-5-9-16/h3-11H,12-13H2,1-2H3,(H,22,23,26)/t21-/m1/s1. The molecule has 0 radical (unpaired) electrons. The SMILES string of the molecule is CC(=O)NC1=NN(C(C)=O)[C@]2(S1)C(=O)N(CCOc1ccccc1)c1ccccc12. The van der Waals surface area contributed by atoms with E-state index in [4.69, 9.17) is 4.74 Å². The highest BCUT2D eigenvalue weighted by atomic mass is 32.2. The van der Waals surface area contributed by atoms with E-state index in [1.165, 1.54) is 13.8 Å². The molecule has 2 aliphatic rings. The van der Waals surface area contributed by atoms with Gasteiger partial charge in [-0.05, 0) is 30.0 Å². The van der Waals surface area contributed by atoms with Crippen LogP contribution in [-0.4, -0.2) is 41.0 Å². The van der Waals surface area contributed by atoms with Crippen molar-refractivity contribution in [1.82, 2.24) is 10.3 Å². The Morgan fingerprint density at radius 1 is 1.10 bits per heavy atom. The highest BCUT2D eigenvalue weighted by Gasteiger charge is 2.60. The van der Waals surface area contributed by atoms with Crippen molar-refractivity contribution in [2.24, 2.45) is 5.10 Å². The van der Waals surface area contributed by atoms with E-state index in [-0.39, 0.29) is 23.6 Å². The van der Waals surface area contributed by atoms with Crippen molar-refractivity contribution < 1.29 is 19.1 Å². The molecule has 0 saturated heterocycles. The van der Waals surface area contributed by atoms with Crippen LogP contribution in [0.15, 0.2) is 59.7 Å². The molecule has 154 valence electrons. The van der Waals surface area contributed by atoms with Crippen molar-refractivity contribution >= 4 is 40.3 Å². The molecule has 3 amide bonds. The Morgan fingerprint density at radius 2 is 1.80 bits per heavy atom. The van der Waals surface area contributed by atoms with E-state index in [1.807, 2.05) is 48.5 Å². The number of hydrazone groups is 1. The van der Waals surface area contributed by atoms with Crippen LogP contribution in [0, 0.1) is 0 Å². The monoisotopic (exact) mass is 424 g/mol. The summed E-state index contributed by atoms with van der Waals surface area (Å²) in [7, 11) is 0. The van der Waals surface area contributed by atoms with E-state index in [9.17, 15) is 14.4 Å². The Labute approximate surface area is 177 Å². The van der Waals surface area contributed by atoms with Crippen molar-refractivity contribution in [3.8, 4) is 5.75 Å². The maximum absolute atomic E-state index is 13.6. The van der Waals surface area contributed by atoms with Crippen LogP contribution in [0.1, 0.15) is 19.4 Å². The minimum Gasteiger partial charge on any atom is -0.492 e. The molecular formula is C21H20N4O4S. The average molecular weight is 424 g/mol. The van der Waals surface area contributed by atoms with Gasteiger partial charge in [-0.2, -0.15) is 5.01 Å². The van der Waals surface area contributed by atoms with Gasteiger partial charge in [0, 0.05) is 19.4 Å². The molecule has 1 N–H and O–H groups in total. The van der Waals surface area contributed by atoms with Crippen LogP contribution >= 0.6 is 11.8 Å². The van der Waals surface area contributed by atoms with Crippen molar-refractivity contribution in [2.45, 2.75) is 18.7 Å². The number of amidine groups is 1. The smallest absolute Gasteiger partial charge is 0.270 e. The zero-order chi connectivity index (χ0) is 21.3. The first-order chi connectivity index (χ1) is 14.4. The first kappa shape index (κ1) is 20.0. The molecule has 4 rings (SSSR count). The second-order valence-corrected chi connectivity index (χ2v) is 7.98. The van der Waals surface area contributed by atoms with Gasteiger partial charge in [0.05, 0.1) is 12.2 Å². The molecule has 2 aromatic rings. The number of thioether (sulfide) groups is 1. The molecular weight excluding hydrogens is 404 g/mol. The molecule has 2 aliphatic heterocycles. The number of ether oxygens (including phenoxy) is 1. The number of nitrogens with zero attached hydrogens (tertiary/aromatic N) is 3. The third-order valence-electron chi connectivity index (χ3n) is 4.74. The van der Waals surface area contributed by atoms with E-state index in [0.717, 1.165) is 16.8 Å². The molecule has 0 aliphatic carbocycles. The fourth-order valence-corrected chi connectivity index (χ4v) is 4.89. The average Bonchev–Trinajstić information content (AvgIpc) is 3.21. The summed E-state index contributed by atoms with van der Waals surface area (Å²) in [6, 6.07) is 16.6. The fourth-order valence-electron chi connectivity index (χ4n) is 3.56. The lowest BCUT2D eigenvalue weighted by Crippen LogP contribution is -2.49. The number of para-hydroxylation sites is 2. The summed E-state index contributed by atoms with van der Waals surface area (Å²) < 4.78 is 5.76. The summed E-state index contributed by atoms with van der Waals surface area (Å²) in [5.41, 5.74) is 1.34. The van der Waals surface area contributed by atoms with Gasteiger partial charge >= 0.3 is 0 Å². The maximum Gasteiger partial charge on any atom is 0.270 e. The molecule has 30 heavy (non-hydrogen) atoms. The lowest BCUT2D eigenvalue weighted by molar-refractivity contribution is -0.139. The number of benzene rings is 2. The van der Waals surface area contributed by atoms with E-state index in [2.05, 4.69) is 10.4 Å². The van der Waals surface area contributed by atoms with Crippen molar-refractivity contribution in [3.63, 3.8) is 0 Å². The molecule has 2 heterocycles. The predicted octanol–water partition coefficient (Wildman–Crippen LogP) is 2.27. The molecule has 0 unspecified atom stereocenters. The Balaban J connectivity index is 1.64. The number of carbonyl (C=O) groups is 3. The van der Waals surface area contributed by atoms with Crippen LogP contribution < -0.4 is 15.0 Å². The van der Waals surface area contributed by atoms with Crippen molar-refractivity contribution in [3.05, 3.63) is 60.2 Å². The van der Waals surface area contributed by atoms with Crippen molar-refractivity contribution in [1.29, 1.82) is 0 Å². The van der Waals surface area contributed by atoms with E-state index in [0.29, 0.717) is 23.5 Å². The van der Waals surface area contributed by atoms with Gasteiger partial charge < -0.3 is 15.0 Å². The Morgan fingerprint density at radius 3 is 2.50 bits per heavy atom. The van der Waals surface area contributed by atoms with Crippen LogP contribution in [-0.2, 0) is 19.3 Å². The summed E-state index contributed by atoms with van der Waals surface area (Å²) in [6.07, 6.45) is 0. The quantitative estimate of drug-likeness (QED) is 0.813. The largest absolute Gasteiger partial charge is 0.492 e. The minimum absolute atomic E-state index is 0.211. The molecule has 0 fully saturated rings. The maximum atomic E-state index is 13.6. The summed E-state index contributed by atoms with van der Waals surface area (Å²) in [6.45, 7) is 3.28. The number of anilines is 1. The number of fused-ring (bicyclic) bond motifs is 2. The number of nitrogens with one attached hydrogen (secondary N) is 1. The molecule has 0 saturated carbocycles. The highest BCUT2D eigenvalue weighted by Crippen LogP contribution is 2.54.